The Morgan fingerprint density at radius 2 is 1.89 bits per heavy atom. The summed E-state index contributed by atoms with van der Waals surface area (Å²) in [6, 6.07) is 11.1. The molecule has 3 atom stereocenters. The Balaban J connectivity index is 2.14. The number of nitrogens with one attached hydrogen (secondary N) is 1. The Morgan fingerprint density at radius 1 is 1.17 bits per heavy atom. The van der Waals surface area contributed by atoms with E-state index in [1.807, 2.05) is 0 Å². The van der Waals surface area contributed by atoms with Gasteiger partial charge < -0.3 is 5.32 Å². The van der Waals surface area contributed by atoms with Crippen molar-refractivity contribution in [3.63, 3.8) is 0 Å². The lowest BCUT2D eigenvalue weighted by atomic mass is 9.68. The van der Waals surface area contributed by atoms with Crippen LogP contribution in [-0.2, 0) is 0 Å². The van der Waals surface area contributed by atoms with Gasteiger partial charge >= 0.3 is 0 Å². The molecule has 1 fully saturated rings. The molecule has 2 rings (SSSR count). The lowest BCUT2D eigenvalue weighted by Crippen LogP contribution is -2.32. The summed E-state index contributed by atoms with van der Waals surface area (Å²) >= 11 is 0. The van der Waals surface area contributed by atoms with Gasteiger partial charge in [0.15, 0.2) is 0 Å². The summed E-state index contributed by atoms with van der Waals surface area (Å²) in [4.78, 5) is 0. The van der Waals surface area contributed by atoms with E-state index in [1.165, 1.54) is 19.3 Å². The van der Waals surface area contributed by atoms with Crippen molar-refractivity contribution in [3.8, 4) is 0 Å². The third kappa shape index (κ3) is 3.14. The van der Waals surface area contributed by atoms with Crippen LogP contribution >= 0.6 is 0 Å². The third-order valence-corrected chi connectivity index (χ3v) is 4.67. The van der Waals surface area contributed by atoms with Crippen LogP contribution in [0.25, 0.3) is 0 Å². The van der Waals surface area contributed by atoms with E-state index in [9.17, 15) is 0 Å². The molecule has 1 aliphatic rings. The van der Waals surface area contributed by atoms with Crippen molar-refractivity contribution in [1.82, 2.24) is 5.32 Å². The molecular weight excluding hydrogens is 218 g/mol. The molecule has 0 aromatic heterocycles. The predicted molar refractivity (Wildman–Crippen MR) is 78.8 cm³/mol. The van der Waals surface area contributed by atoms with Crippen molar-refractivity contribution in [2.24, 2.45) is 17.8 Å². The summed E-state index contributed by atoms with van der Waals surface area (Å²) in [7, 11) is 2.08. The Bertz CT molecular complexity index is 344. The topological polar surface area (TPSA) is 12.0 Å². The summed E-state index contributed by atoms with van der Waals surface area (Å²) in [6.45, 7) is 5.92. The van der Waals surface area contributed by atoms with Gasteiger partial charge in [-0.3, -0.25) is 0 Å². The van der Waals surface area contributed by atoms with E-state index in [2.05, 4.69) is 56.5 Å². The molecule has 0 bridgehead atoms. The van der Waals surface area contributed by atoms with E-state index >= 15 is 0 Å². The van der Waals surface area contributed by atoms with Crippen LogP contribution < -0.4 is 5.32 Å². The van der Waals surface area contributed by atoms with Crippen molar-refractivity contribution < 1.29 is 0 Å². The minimum Gasteiger partial charge on any atom is -0.319 e. The van der Waals surface area contributed by atoms with Crippen molar-refractivity contribution in [2.45, 2.75) is 39.0 Å². The SMILES string of the molecule is CNCC1CCC(C(C)C)CC1c1ccccc1. The van der Waals surface area contributed by atoms with Crippen LogP contribution in [0.2, 0.25) is 0 Å². The van der Waals surface area contributed by atoms with Gasteiger partial charge in [-0.25, -0.2) is 0 Å². The molecule has 0 aliphatic heterocycles. The van der Waals surface area contributed by atoms with Crippen molar-refractivity contribution >= 4 is 0 Å². The lowest BCUT2D eigenvalue weighted by molar-refractivity contribution is 0.192. The van der Waals surface area contributed by atoms with Gasteiger partial charge in [0.05, 0.1) is 0 Å². The van der Waals surface area contributed by atoms with Crippen LogP contribution in [0.15, 0.2) is 30.3 Å². The Labute approximate surface area is 112 Å². The minimum atomic E-state index is 0.750. The fourth-order valence-electron chi connectivity index (χ4n) is 3.49. The van der Waals surface area contributed by atoms with Gasteiger partial charge in [-0.2, -0.15) is 0 Å². The average molecular weight is 245 g/mol. The zero-order valence-electron chi connectivity index (χ0n) is 12.0. The molecule has 0 heterocycles. The molecule has 1 saturated carbocycles. The highest BCUT2D eigenvalue weighted by Crippen LogP contribution is 2.42. The van der Waals surface area contributed by atoms with Crippen molar-refractivity contribution in [2.75, 3.05) is 13.6 Å². The zero-order valence-corrected chi connectivity index (χ0v) is 12.0. The van der Waals surface area contributed by atoms with E-state index in [0.717, 1.165) is 30.2 Å². The highest BCUT2D eigenvalue weighted by Gasteiger charge is 2.32. The molecule has 0 amide bonds. The molecule has 0 spiro atoms. The van der Waals surface area contributed by atoms with E-state index in [-0.39, 0.29) is 0 Å². The largest absolute Gasteiger partial charge is 0.319 e. The van der Waals surface area contributed by atoms with Gasteiger partial charge in [0.25, 0.3) is 0 Å². The minimum absolute atomic E-state index is 0.750. The molecule has 1 N–H and O–H groups in total. The van der Waals surface area contributed by atoms with Gasteiger partial charge in [0.1, 0.15) is 0 Å². The van der Waals surface area contributed by atoms with Crippen molar-refractivity contribution in [1.29, 1.82) is 0 Å². The van der Waals surface area contributed by atoms with Crippen LogP contribution in [-0.4, -0.2) is 13.6 Å². The maximum Gasteiger partial charge on any atom is -0.00177 e. The van der Waals surface area contributed by atoms with E-state index in [1.54, 1.807) is 5.56 Å². The molecule has 1 aliphatic carbocycles. The summed E-state index contributed by atoms with van der Waals surface area (Å²) in [5.74, 6) is 3.29. The highest BCUT2D eigenvalue weighted by molar-refractivity contribution is 5.21. The molecule has 1 aromatic rings. The zero-order chi connectivity index (χ0) is 13.0. The number of hydrogen-bond acceptors (Lipinski definition) is 1. The van der Waals surface area contributed by atoms with E-state index in [4.69, 9.17) is 0 Å². The molecular formula is C17H27N. The molecule has 0 radical (unpaired) electrons. The fourth-order valence-corrected chi connectivity index (χ4v) is 3.49. The van der Waals surface area contributed by atoms with Crippen LogP contribution in [0.4, 0.5) is 0 Å². The normalized spacial score (nSPS) is 28.6. The molecule has 1 aromatic carbocycles. The van der Waals surface area contributed by atoms with Gasteiger partial charge in [-0.05, 0) is 62.1 Å². The first-order valence-electron chi connectivity index (χ1n) is 7.42. The quantitative estimate of drug-likeness (QED) is 0.843. The van der Waals surface area contributed by atoms with Crippen LogP contribution in [0.1, 0.15) is 44.6 Å². The number of hydrogen-bond donors (Lipinski definition) is 1. The molecule has 100 valence electrons. The van der Waals surface area contributed by atoms with Gasteiger partial charge in [-0.1, -0.05) is 44.2 Å². The second kappa shape index (κ2) is 6.38. The van der Waals surface area contributed by atoms with Gasteiger partial charge in [0.2, 0.25) is 0 Å². The first kappa shape index (κ1) is 13.6. The fraction of sp³-hybridized carbons (Fsp3) is 0.647. The van der Waals surface area contributed by atoms with E-state index < -0.39 is 0 Å². The maximum absolute atomic E-state index is 3.38. The summed E-state index contributed by atoms with van der Waals surface area (Å²) < 4.78 is 0. The first-order valence-corrected chi connectivity index (χ1v) is 7.42. The number of benzene rings is 1. The smallest absolute Gasteiger partial charge is 0.00177 e. The van der Waals surface area contributed by atoms with Gasteiger partial charge in [-0.15, -0.1) is 0 Å². The second-order valence-corrected chi connectivity index (χ2v) is 6.15. The Kier molecular flexibility index (Phi) is 4.82. The molecule has 18 heavy (non-hydrogen) atoms. The Morgan fingerprint density at radius 3 is 2.50 bits per heavy atom. The van der Waals surface area contributed by atoms with Crippen LogP contribution in [0, 0.1) is 17.8 Å². The van der Waals surface area contributed by atoms with Crippen molar-refractivity contribution in [3.05, 3.63) is 35.9 Å². The molecule has 1 nitrogen and oxygen atoms in total. The third-order valence-electron chi connectivity index (χ3n) is 4.67. The molecule has 1 heteroatoms. The summed E-state index contributed by atoms with van der Waals surface area (Å²) in [6.07, 6.45) is 4.16. The van der Waals surface area contributed by atoms with Crippen LogP contribution in [0.5, 0.6) is 0 Å². The van der Waals surface area contributed by atoms with E-state index in [0.29, 0.717) is 0 Å². The number of rotatable bonds is 4. The standard InChI is InChI=1S/C17H27N/c1-13(2)15-9-10-16(12-18-3)17(11-15)14-7-5-4-6-8-14/h4-8,13,15-18H,9-12H2,1-3H3. The Hall–Kier alpha value is -0.820. The summed E-state index contributed by atoms with van der Waals surface area (Å²) in [5.41, 5.74) is 1.54. The summed E-state index contributed by atoms with van der Waals surface area (Å²) in [5, 5.41) is 3.38. The second-order valence-electron chi connectivity index (χ2n) is 6.15. The maximum atomic E-state index is 3.38. The monoisotopic (exact) mass is 245 g/mol. The first-order chi connectivity index (χ1) is 8.72. The lowest BCUT2D eigenvalue weighted by Gasteiger charge is -2.38. The average Bonchev–Trinajstić information content (AvgIpc) is 2.40. The van der Waals surface area contributed by atoms with Crippen LogP contribution in [0.3, 0.4) is 0 Å². The van der Waals surface area contributed by atoms with Gasteiger partial charge in [0, 0.05) is 0 Å². The highest BCUT2D eigenvalue weighted by atomic mass is 14.8. The molecule has 3 unspecified atom stereocenters. The molecule has 0 saturated heterocycles. The predicted octanol–water partition coefficient (Wildman–Crippen LogP) is 4.06.